The van der Waals surface area contributed by atoms with Gasteiger partial charge in [0, 0.05) is 11.1 Å². The van der Waals surface area contributed by atoms with Gasteiger partial charge in [0.25, 0.3) is 0 Å². The van der Waals surface area contributed by atoms with Gasteiger partial charge in [0.2, 0.25) is 0 Å². The van der Waals surface area contributed by atoms with E-state index in [2.05, 4.69) is 0 Å². The second-order valence-corrected chi connectivity index (χ2v) is 10.4. The molecule has 0 radical (unpaired) electrons. The number of benzene rings is 4. The molecule has 1 aliphatic carbocycles. The van der Waals surface area contributed by atoms with E-state index in [4.69, 9.17) is 4.74 Å². The van der Waals surface area contributed by atoms with Crippen molar-refractivity contribution < 1.29 is 35.9 Å². The number of esters is 1. The molecule has 0 saturated heterocycles. The first-order chi connectivity index (χ1) is 20.1. The highest BCUT2D eigenvalue weighted by molar-refractivity contribution is 6.05. The van der Waals surface area contributed by atoms with Gasteiger partial charge >= 0.3 is 12.1 Å². The van der Waals surface area contributed by atoms with Crippen LogP contribution in [0.5, 0.6) is 0 Å². The van der Waals surface area contributed by atoms with Gasteiger partial charge in [-0.15, -0.1) is 0 Å². The number of rotatable bonds is 7. The van der Waals surface area contributed by atoms with E-state index in [0.717, 1.165) is 49.9 Å². The van der Waals surface area contributed by atoms with Crippen LogP contribution in [0, 0.1) is 11.6 Å². The molecule has 1 atom stereocenters. The molecule has 2 nitrogen and oxygen atoms in total. The maximum Gasteiger partial charge on any atom is 0.416 e. The van der Waals surface area contributed by atoms with Gasteiger partial charge in [0.1, 0.15) is 11.6 Å². The van der Waals surface area contributed by atoms with E-state index >= 15 is 4.39 Å². The average molecular weight is 583 g/mol. The molecule has 0 N–H and O–H groups in total. The summed E-state index contributed by atoms with van der Waals surface area (Å²) in [6.45, 7) is 1.64. The normalized spacial score (nSPS) is 14.6. The van der Waals surface area contributed by atoms with Crippen molar-refractivity contribution in [1.82, 2.24) is 0 Å². The van der Waals surface area contributed by atoms with Crippen LogP contribution in [-0.2, 0) is 10.9 Å². The van der Waals surface area contributed by atoms with E-state index < -0.39 is 35.5 Å². The van der Waals surface area contributed by atoms with Crippen LogP contribution in [-0.4, -0.2) is 12.6 Å². The monoisotopic (exact) mass is 582 g/mol. The Bertz CT molecular complexity index is 1550. The minimum absolute atomic E-state index is 0.0152. The van der Waals surface area contributed by atoms with Crippen LogP contribution in [0.1, 0.15) is 77.3 Å². The number of carbonyl (C=O) groups excluding carboxylic acids is 1. The largest absolute Gasteiger partial charge is 0.462 e. The first-order valence-corrected chi connectivity index (χ1v) is 13.8. The molecule has 1 saturated carbocycles. The van der Waals surface area contributed by atoms with Crippen LogP contribution >= 0.6 is 0 Å². The number of hydrogen-bond donors (Lipinski definition) is 0. The van der Waals surface area contributed by atoms with E-state index in [0.29, 0.717) is 22.3 Å². The Kier molecular flexibility index (Phi) is 8.43. The van der Waals surface area contributed by atoms with E-state index in [-0.39, 0.29) is 34.8 Å². The quantitative estimate of drug-likeness (QED) is 0.160. The highest BCUT2D eigenvalue weighted by atomic mass is 19.4. The van der Waals surface area contributed by atoms with E-state index in [1.165, 1.54) is 48.5 Å². The summed E-state index contributed by atoms with van der Waals surface area (Å²) >= 11 is 0. The lowest BCUT2D eigenvalue weighted by atomic mass is 9.78. The van der Waals surface area contributed by atoms with Gasteiger partial charge in [-0.1, -0.05) is 49.2 Å². The van der Waals surface area contributed by atoms with Crippen molar-refractivity contribution in [2.45, 2.75) is 50.9 Å². The Balaban J connectivity index is 1.86. The Morgan fingerprint density at radius 2 is 1.40 bits per heavy atom. The lowest BCUT2D eigenvalue weighted by Crippen LogP contribution is -2.15. The molecular formula is C34H28F6O2. The van der Waals surface area contributed by atoms with Gasteiger partial charge in [-0.25, -0.2) is 18.0 Å². The van der Waals surface area contributed by atoms with Crippen molar-refractivity contribution in [2.75, 3.05) is 6.61 Å². The summed E-state index contributed by atoms with van der Waals surface area (Å²) in [5.74, 6) is -1.87. The minimum Gasteiger partial charge on any atom is -0.462 e. The van der Waals surface area contributed by atoms with Crippen molar-refractivity contribution in [3.63, 3.8) is 0 Å². The molecule has 0 heterocycles. The van der Waals surface area contributed by atoms with Crippen LogP contribution in [0.25, 0.3) is 22.3 Å². The predicted molar refractivity (Wildman–Crippen MR) is 149 cm³/mol. The summed E-state index contributed by atoms with van der Waals surface area (Å²) in [7, 11) is 0. The highest BCUT2D eigenvalue weighted by Crippen LogP contribution is 2.49. The molecule has 42 heavy (non-hydrogen) atoms. The Morgan fingerprint density at radius 1 is 0.857 bits per heavy atom. The van der Waals surface area contributed by atoms with Gasteiger partial charge < -0.3 is 4.74 Å². The van der Waals surface area contributed by atoms with Crippen LogP contribution in [0.2, 0.25) is 0 Å². The average Bonchev–Trinajstić information content (AvgIpc) is 3.51. The fourth-order valence-electron chi connectivity index (χ4n) is 5.76. The summed E-state index contributed by atoms with van der Waals surface area (Å²) in [4.78, 5) is 13.6. The van der Waals surface area contributed by atoms with Crippen molar-refractivity contribution >= 4 is 5.97 Å². The van der Waals surface area contributed by atoms with Gasteiger partial charge in [-0.05, 0) is 96.0 Å². The maximum atomic E-state index is 16.9. The molecule has 1 fully saturated rings. The zero-order valence-electron chi connectivity index (χ0n) is 22.8. The third-order valence-electron chi connectivity index (χ3n) is 7.75. The number of halogens is 6. The fraction of sp³-hybridized carbons (Fsp3) is 0.265. The number of carbonyl (C=O) groups is 1. The summed E-state index contributed by atoms with van der Waals surface area (Å²) in [5.41, 5.74) is 1.23. The molecule has 4 aromatic carbocycles. The van der Waals surface area contributed by atoms with Crippen molar-refractivity contribution in [2.24, 2.45) is 0 Å². The maximum absolute atomic E-state index is 16.9. The molecular weight excluding hydrogens is 554 g/mol. The molecule has 8 heteroatoms. The number of ether oxygens (including phenoxy) is 1. The van der Waals surface area contributed by atoms with Crippen molar-refractivity contribution in [3.8, 4) is 22.3 Å². The lowest BCUT2D eigenvalue weighted by molar-refractivity contribution is -0.137. The minimum atomic E-state index is -4.59. The molecule has 0 aliphatic heterocycles. The smallest absolute Gasteiger partial charge is 0.416 e. The van der Waals surface area contributed by atoms with Crippen molar-refractivity contribution in [3.05, 3.63) is 118 Å². The summed E-state index contributed by atoms with van der Waals surface area (Å²) in [5, 5.41) is 0. The first-order valence-electron chi connectivity index (χ1n) is 13.8. The number of alkyl halides is 4. The zero-order chi connectivity index (χ0) is 30.0. The molecule has 5 rings (SSSR count). The molecule has 1 aliphatic rings. The van der Waals surface area contributed by atoms with E-state index in [1.54, 1.807) is 13.0 Å². The molecule has 0 bridgehead atoms. The summed E-state index contributed by atoms with van der Waals surface area (Å²) < 4.78 is 90.1. The second-order valence-electron chi connectivity index (χ2n) is 10.4. The van der Waals surface area contributed by atoms with Gasteiger partial charge in [-0.2, -0.15) is 13.2 Å². The SMILES string of the molecule is CCOC(=O)c1c(-c2ccc(F)cc2)cc(C2CCCC2)c(C(F)c2ccc(C(F)(F)F)cc2)c1-c1ccc(F)cc1. The third-order valence-corrected chi connectivity index (χ3v) is 7.75. The summed E-state index contributed by atoms with van der Waals surface area (Å²) in [6.07, 6.45) is -3.21. The zero-order valence-corrected chi connectivity index (χ0v) is 22.8. The van der Waals surface area contributed by atoms with Crippen LogP contribution in [0.4, 0.5) is 26.3 Å². The van der Waals surface area contributed by atoms with E-state index in [9.17, 15) is 26.7 Å². The van der Waals surface area contributed by atoms with Gasteiger partial charge in [0.05, 0.1) is 17.7 Å². The molecule has 218 valence electrons. The molecule has 0 spiro atoms. The predicted octanol–water partition coefficient (Wildman–Crippen LogP) is 10.2. The van der Waals surface area contributed by atoms with Gasteiger partial charge in [-0.3, -0.25) is 0 Å². The lowest BCUT2D eigenvalue weighted by Gasteiger charge is -2.27. The fourth-order valence-corrected chi connectivity index (χ4v) is 5.76. The van der Waals surface area contributed by atoms with Crippen LogP contribution in [0.3, 0.4) is 0 Å². The first kappa shape index (κ1) is 29.4. The molecule has 1 unspecified atom stereocenters. The molecule has 4 aromatic rings. The summed E-state index contributed by atoms with van der Waals surface area (Å²) in [6, 6.07) is 16.4. The Morgan fingerprint density at radius 3 is 1.93 bits per heavy atom. The second kappa shape index (κ2) is 12.0. The van der Waals surface area contributed by atoms with Gasteiger partial charge in [0.15, 0.2) is 6.17 Å². The Hall–Kier alpha value is -4.07. The topological polar surface area (TPSA) is 26.3 Å². The van der Waals surface area contributed by atoms with Crippen molar-refractivity contribution in [1.29, 1.82) is 0 Å². The highest BCUT2D eigenvalue weighted by Gasteiger charge is 2.35. The van der Waals surface area contributed by atoms with Crippen LogP contribution < -0.4 is 0 Å². The van der Waals surface area contributed by atoms with Crippen LogP contribution in [0.15, 0.2) is 78.9 Å². The van der Waals surface area contributed by atoms with E-state index in [1.807, 2.05) is 0 Å². The molecule has 0 amide bonds. The standard InChI is InChI=1S/C34H28F6O2/c1-2-42-33(41)31-28(21-9-15-25(35)16-10-21)19-27(20-5-3-4-6-20)30(29(31)22-11-17-26(36)18-12-22)32(37)23-7-13-24(14-8-23)34(38,39)40/h7-20,32H,2-6H2,1H3. The molecule has 0 aromatic heterocycles. The Labute approximate surface area is 240 Å². The number of hydrogen-bond acceptors (Lipinski definition) is 2. The third kappa shape index (κ3) is 5.94.